The fourth-order valence-corrected chi connectivity index (χ4v) is 6.23. The van der Waals surface area contributed by atoms with Gasteiger partial charge in [0.2, 0.25) is 0 Å². The van der Waals surface area contributed by atoms with E-state index < -0.39 is 17.0 Å². The molecule has 0 radical (unpaired) electrons. The fraction of sp³-hybridized carbons (Fsp3) is 0.538. The third kappa shape index (κ3) is 3.17. The van der Waals surface area contributed by atoms with E-state index in [0.29, 0.717) is 17.8 Å². The van der Waals surface area contributed by atoms with Crippen molar-refractivity contribution in [1.82, 2.24) is 19.9 Å². The SMILES string of the molecule is Cc1cc([C@@H]2C[C@H](c3cc4nc(C)c(C)nc4c([C@]45C[C@](C(F)(F)F)(C4)C5)n3)CCO2)ccn1. The Kier molecular flexibility index (Phi) is 4.63. The molecule has 0 unspecified atom stereocenters. The van der Waals surface area contributed by atoms with Crippen molar-refractivity contribution in [2.75, 3.05) is 6.61 Å². The minimum atomic E-state index is -4.16. The summed E-state index contributed by atoms with van der Waals surface area (Å²) >= 11 is 0. The molecule has 3 aromatic rings. The summed E-state index contributed by atoms with van der Waals surface area (Å²) in [6.45, 7) is 6.37. The Hall–Kier alpha value is -2.61. The molecule has 8 heteroatoms. The highest BCUT2D eigenvalue weighted by Crippen LogP contribution is 2.78. The number of alkyl halides is 3. The first kappa shape index (κ1) is 21.9. The second kappa shape index (κ2) is 7.20. The van der Waals surface area contributed by atoms with Crippen LogP contribution in [0.1, 0.15) is 78.2 Å². The summed E-state index contributed by atoms with van der Waals surface area (Å²) in [5.74, 6) is 0.141. The molecule has 2 bridgehead atoms. The van der Waals surface area contributed by atoms with Crippen molar-refractivity contribution < 1.29 is 17.9 Å². The predicted octanol–water partition coefficient (Wildman–Crippen LogP) is 5.96. The molecule has 3 aliphatic carbocycles. The summed E-state index contributed by atoms with van der Waals surface area (Å²) in [4.78, 5) is 18.9. The lowest BCUT2D eigenvalue weighted by Gasteiger charge is -2.70. The van der Waals surface area contributed by atoms with Gasteiger partial charge in [-0.1, -0.05) is 0 Å². The van der Waals surface area contributed by atoms with Crippen LogP contribution in [0.3, 0.4) is 0 Å². The van der Waals surface area contributed by atoms with Gasteiger partial charge in [-0.15, -0.1) is 0 Å². The summed E-state index contributed by atoms with van der Waals surface area (Å²) in [6, 6.07) is 6.02. The number of pyridine rings is 2. The molecule has 0 aromatic carbocycles. The van der Waals surface area contributed by atoms with Crippen LogP contribution in [0.2, 0.25) is 0 Å². The standard InChI is InChI=1S/C26H27F3N4O/c1-14-8-18(4-6-30-14)21-9-17(5-7-34-21)19-10-20-22(32-16(3)15(2)31-20)23(33-19)24-11-25(12-24,13-24)26(27,28)29/h4,6,8,10,17,21H,5,7,9,11-13H2,1-3H3/t17-,21+,24-,25+/m1/s1. The zero-order valence-electron chi connectivity index (χ0n) is 19.5. The molecule has 3 saturated carbocycles. The van der Waals surface area contributed by atoms with Crippen LogP contribution in [0.25, 0.3) is 11.0 Å². The fourth-order valence-electron chi connectivity index (χ4n) is 6.23. The quantitative estimate of drug-likeness (QED) is 0.474. The third-order valence-corrected chi connectivity index (χ3v) is 8.21. The topological polar surface area (TPSA) is 60.8 Å². The maximum Gasteiger partial charge on any atom is 0.394 e. The Balaban J connectivity index is 1.39. The average molecular weight is 469 g/mol. The van der Waals surface area contributed by atoms with Crippen LogP contribution in [-0.4, -0.2) is 32.7 Å². The van der Waals surface area contributed by atoms with Crippen molar-refractivity contribution in [3.05, 3.63) is 58.4 Å². The van der Waals surface area contributed by atoms with Crippen LogP contribution in [0.5, 0.6) is 0 Å². The van der Waals surface area contributed by atoms with Crippen LogP contribution in [0.4, 0.5) is 13.2 Å². The first-order valence-electron chi connectivity index (χ1n) is 11.9. The van der Waals surface area contributed by atoms with Gasteiger partial charge in [0, 0.05) is 35.5 Å². The number of nitrogens with zero attached hydrogens (tertiary/aromatic N) is 4. The summed E-state index contributed by atoms with van der Waals surface area (Å²) < 4.78 is 46.8. The van der Waals surface area contributed by atoms with E-state index in [1.807, 2.05) is 39.0 Å². The van der Waals surface area contributed by atoms with E-state index in [0.717, 1.165) is 46.7 Å². The molecule has 0 amide bonds. The zero-order chi connectivity index (χ0) is 23.9. The number of hydrogen-bond donors (Lipinski definition) is 0. The second-order valence-electron chi connectivity index (χ2n) is 10.6. The summed E-state index contributed by atoms with van der Waals surface area (Å²) in [5, 5.41) is 0. The van der Waals surface area contributed by atoms with Gasteiger partial charge in [0.25, 0.3) is 0 Å². The molecule has 0 spiro atoms. The van der Waals surface area contributed by atoms with Gasteiger partial charge in [-0.05, 0) is 76.6 Å². The highest BCUT2D eigenvalue weighted by Gasteiger charge is 2.79. The molecule has 4 heterocycles. The van der Waals surface area contributed by atoms with Gasteiger partial charge in [-0.2, -0.15) is 13.2 Å². The summed E-state index contributed by atoms with van der Waals surface area (Å²) in [5.41, 5.74) is 4.59. The molecule has 5 nitrogen and oxygen atoms in total. The molecule has 34 heavy (non-hydrogen) atoms. The molecule has 0 N–H and O–H groups in total. The van der Waals surface area contributed by atoms with Crippen molar-refractivity contribution in [2.45, 2.75) is 76.5 Å². The van der Waals surface area contributed by atoms with Crippen molar-refractivity contribution in [2.24, 2.45) is 5.41 Å². The van der Waals surface area contributed by atoms with Crippen molar-refractivity contribution >= 4 is 11.0 Å². The van der Waals surface area contributed by atoms with Gasteiger partial charge in [-0.3, -0.25) is 9.97 Å². The molecule has 7 rings (SSSR count). The molecule has 1 saturated heterocycles. The predicted molar refractivity (Wildman–Crippen MR) is 120 cm³/mol. The second-order valence-corrected chi connectivity index (χ2v) is 10.6. The van der Waals surface area contributed by atoms with Gasteiger partial charge >= 0.3 is 6.18 Å². The molecule has 178 valence electrons. The Morgan fingerprint density at radius 3 is 2.44 bits per heavy atom. The van der Waals surface area contributed by atoms with Crippen LogP contribution in [0, 0.1) is 26.2 Å². The first-order chi connectivity index (χ1) is 16.1. The van der Waals surface area contributed by atoms with E-state index in [1.165, 1.54) is 0 Å². The van der Waals surface area contributed by atoms with Gasteiger partial charge in [-0.25, -0.2) is 9.97 Å². The number of rotatable bonds is 3. The maximum atomic E-state index is 13.6. The molecule has 4 fully saturated rings. The summed E-state index contributed by atoms with van der Waals surface area (Å²) in [6.07, 6.45) is -0.518. The minimum absolute atomic E-state index is 0.0596. The Labute approximate surface area is 196 Å². The van der Waals surface area contributed by atoms with Crippen molar-refractivity contribution in [1.29, 1.82) is 0 Å². The number of hydrogen-bond acceptors (Lipinski definition) is 5. The lowest BCUT2D eigenvalue weighted by molar-refractivity contribution is -0.337. The Morgan fingerprint density at radius 2 is 1.74 bits per heavy atom. The summed E-state index contributed by atoms with van der Waals surface area (Å²) in [7, 11) is 0. The minimum Gasteiger partial charge on any atom is -0.373 e. The van der Waals surface area contributed by atoms with E-state index in [1.54, 1.807) is 6.20 Å². The highest BCUT2D eigenvalue weighted by molar-refractivity contribution is 5.79. The van der Waals surface area contributed by atoms with Crippen LogP contribution in [-0.2, 0) is 10.2 Å². The smallest absolute Gasteiger partial charge is 0.373 e. The molecular weight excluding hydrogens is 441 g/mol. The van der Waals surface area contributed by atoms with E-state index >= 15 is 0 Å². The molecule has 3 aromatic heterocycles. The number of aryl methyl sites for hydroxylation is 3. The number of fused-ring (bicyclic) bond motifs is 1. The molecular formula is C26H27F3N4O. The largest absolute Gasteiger partial charge is 0.394 e. The van der Waals surface area contributed by atoms with Crippen molar-refractivity contribution in [3.63, 3.8) is 0 Å². The number of ether oxygens (including phenoxy) is 1. The van der Waals surface area contributed by atoms with Gasteiger partial charge in [0.15, 0.2) is 0 Å². The van der Waals surface area contributed by atoms with Gasteiger partial charge in [0.05, 0.1) is 34.1 Å². The van der Waals surface area contributed by atoms with Crippen molar-refractivity contribution in [3.8, 4) is 0 Å². The van der Waals surface area contributed by atoms with Crippen LogP contribution in [0.15, 0.2) is 24.4 Å². The lowest BCUT2D eigenvalue weighted by atomic mass is 9.34. The lowest BCUT2D eigenvalue weighted by Crippen LogP contribution is -2.70. The van der Waals surface area contributed by atoms with Crippen LogP contribution < -0.4 is 0 Å². The van der Waals surface area contributed by atoms with E-state index in [4.69, 9.17) is 19.7 Å². The maximum absolute atomic E-state index is 13.6. The Bertz CT molecular complexity index is 1290. The first-order valence-corrected chi connectivity index (χ1v) is 11.9. The monoisotopic (exact) mass is 468 g/mol. The molecule has 4 aliphatic rings. The zero-order valence-corrected chi connectivity index (χ0v) is 19.5. The van der Waals surface area contributed by atoms with Crippen LogP contribution >= 0.6 is 0 Å². The third-order valence-electron chi connectivity index (χ3n) is 8.21. The van der Waals surface area contributed by atoms with Gasteiger partial charge in [0.1, 0.15) is 5.52 Å². The van der Waals surface area contributed by atoms with Gasteiger partial charge < -0.3 is 4.74 Å². The number of aromatic nitrogens is 4. The van der Waals surface area contributed by atoms with E-state index in [-0.39, 0.29) is 31.3 Å². The normalized spacial score (nSPS) is 30.6. The highest BCUT2D eigenvalue weighted by atomic mass is 19.4. The molecule has 1 aliphatic heterocycles. The number of halogens is 3. The Morgan fingerprint density at radius 1 is 1.00 bits per heavy atom. The van der Waals surface area contributed by atoms with E-state index in [9.17, 15) is 13.2 Å². The average Bonchev–Trinajstić information content (AvgIpc) is 2.72. The molecule has 2 atom stereocenters. The van der Waals surface area contributed by atoms with E-state index in [2.05, 4.69) is 4.98 Å².